The van der Waals surface area contributed by atoms with E-state index in [1.165, 1.54) is 5.52 Å². The zero-order valence-electron chi connectivity index (χ0n) is 11.8. The third-order valence-corrected chi connectivity index (χ3v) is 4.41. The smallest absolute Gasteiger partial charge is 0.169 e. The van der Waals surface area contributed by atoms with Gasteiger partial charge in [0.05, 0.1) is 22.7 Å². The lowest BCUT2D eigenvalue weighted by molar-refractivity contribution is 0.702. The summed E-state index contributed by atoms with van der Waals surface area (Å²) in [7, 11) is 0. The van der Waals surface area contributed by atoms with Crippen molar-refractivity contribution in [1.82, 2.24) is 9.55 Å². The summed E-state index contributed by atoms with van der Waals surface area (Å²) in [5.41, 5.74) is 4.06. The van der Waals surface area contributed by atoms with Crippen LogP contribution in [0.4, 0.5) is 0 Å². The maximum atomic E-state index is 8.95. The van der Waals surface area contributed by atoms with E-state index in [0.29, 0.717) is 5.56 Å². The molecule has 0 aliphatic rings. The van der Waals surface area contributed by atoms with Gasteiger partial charge in [-0.3, -0.25) is 0 Å². The fourth-order valence-electron chi connectivity index (χ4n) is 2.35. The van der Waals surface area contributed by atoms with Crippen molar-refractivity contribution in [3.05, 3.63) is 59.7 Å². The molecule has 21 heavy (non-hydrogen) atoms. The number of aromatic nitrogens is 2. The molecular formula is C17H15N3S. The van der Waals surface area contributed by atoms with E-state index in [2.05, 4.69) is 23.6 Å². The van der Waals surface area contributed by atoms with E-state index in [1.54, 1.807) is 11.8 Å². The second kappa shape index (κ2) is 6.02. The zero-order chi connectivity index (χ0) is 14.7. The van der Waals surface area contributed by atoms with Crippen molar-refractivity contribution >= 4 is 22.8 Å². The molecule has 1 aromatic heterocycles. The van der Waals surface area contributed by atoms with Crippen LogP contribution in [0.25, 0.3) is 11.0 Å². The number of hydrogen-bond acceptors (Lipinski definition) is 3. The van der Waals surface area contributed by atoms with Gasteiger partial charge in [-0.15, -0.1) is 0 Å². The van der Waals surface area contributed by atoms with Crippen LogP contribution >= 0.6 is 11.8 Å². The van der Waals surface area contributed by atoms with E-state index in [0.717, 1.165) is 28.5 Å². The van der Waals surface area contributed by atoms with E-state index in [-0.39, 0.29) is 0 Å². The highest BCUT2D eigenvalue weighted by atomic mass is 32.2. The molecule has 0 bridgehead atoms. The molecule has 0 radical (unpaired) electrons. The van der Waals surface area contributed by atoms with E-state index in [9.17, 15) is 0 Å². The maximum absolute atomic E-state index is 8.95. The third kappa shape index (κ3) is 2.79. The summed E-state index contributed by atoms with van der Waals surface area (Å²) in [5.74, 6) is 0.818. The Bertz CT molecular complexity index is 814. The Morgan fingerprint density at radius 3 is 2.86 bits per heavy atom. The summed E-state index contributed by atoms with van der Waals surface area (Å²) in [6, 6.07) is 18.1. The van der Waals surface area contributed by atoms with E-state index in [4.69, 9.17) is 10.2 Å². The largest absolute Gasteiger partial charge is 0.319 e. The molecule has 3 aromatic rings. The molecule has 0 spiro atoms. The SMILES string of the molecule is CCn1c(SCc2cccc(C#N)c2)nc2ccccc21. The number of rotatable bonds is 4. The first kappa shape index (κ1) is 13.7. The highest BCUT2D eigenvalue weighted by Crippen LogP contribution is 2.26. The van der Waals surface area contributed by atoms with Crippen LogP contribution in [0.5, 0.6) is 0 Å². The topological polar surface area (TPSA) is 41.6 Å². The number of nitrogens with zero attached hydrogens (tertiary/aromatic N) is 3. The molecule has 104 valence electrons. The van der Waals surface area contributed by atoms with Crippen LogP contribution in [0.2, 0.25) is 0 Å². The highest BCUT2D eigenvalue weighted by molar-refractivity contribution is 7.98. The summed E-state index contributed by atoms with van der Waals surface area (Å²) in [4.78, 5) is 4.70. The lowest BCUT2D eigenvalue weighted by Gasteiger charge is -2.05. The maximum Gasteiger partial charge on any atom is 0.169 e. The molecule has 0 aliphatic carbocycles. The predicted octanol–water partition coefficient (Wildman–Crippen LogP) is 4.22. The van der Waals surface area contributed by atoms with Gasteiger partial charge in [-0.25, -0.2) is 4.98 Å². The summed E-state index contributed by atoms with van der Waals surface area (Å²) in [6.45, 7) is 3.04. The standard InChI is InChI=1S/C17H15N3S/c1-2-20-16-9-4-3-8-15(16)19-17(20)21-12-14-7-5-6-13(10-14)11-18/h3-10H,2,12H2,1H3. The number of fused-ring (bicyclic) bond motifs is 1. The van der Waals surface area contributed by atoms with Crippen molar-refractivity contribution in [2.75, 3.05) is 0 Å². The summed E-state index contributed by atoms with van der Waals surface area (Å²) < 4.78 is 2.23. The van der Waals surface area contributed by atoms with Crippen molar-refractivity contribution in [1.29, 1.82) is 5.26 Å². The van der Waals surface area contributed by atoms with Gasteiger partial charge in [-0.05, 0) is 36.8 Å². The average molecular weight is 293 g/mol. The van der Waals surface area contributed by atoms with Gasteiger partial charge in [0.1, 0.15) is 0 Å². The third-order valence-electron chi connectivity index (χ3n) is 3.36. The summed E-state index contributed by atoms with van der Waals surface area (Å²) >= 11 is 1.71. The lowest BCUT2D eigenvalue weighted by Crippen LogP contribution is -1.96. The first-order chi connectivity index (χ1) is 10.3. The molecule has 0 amide bonds. The van der Waals surface area contributed by atoms with Crippen molar-refractivity contribution in [3.63, 3.8) is 0 Å². The van der Waals surface area contributed by atoms with Crippen LogP contribution in [0.15, 0.2) is 53.7 Å². The van der Waals surface area contributed by atoms with Gasteiger partial charge in [0, 0.05) is 12.3 Å². The lowest BCUT2D eigenvalue weighted by atomic mass is 10.2. The Morgan fingerprint density at radius 2 is 2.05 bits per heavy atom. The summed E-state index contributed by atoms with van der Waals surface area (Å²) in [5, 5.41) is 9.98. The molecular weight excluding hydrogens is 278 g/mol. The van der Waals surface area contributed by atoms with Crippen LogP contribution in [0.1, 0.15) is 18.1 Å². The molecule has 3 nitrogen and oxygen atoms in total. The molecule has 4 heteroatoms. The van der Waals surface area contributed by atoms with Gasteiger partial charge in [-0.1, -0.05) is 36.0 Å². The Balaban J connectivity index is 1.86. The Hall–Kier alpha value is -2.25. The minimum absolute atomic E-state index is 0.706. The molecule has 1 heterocycles. The first-order valence-electron chi connectivity index (χ1n) is 6.89. The minimum atomic E-state index is 0.706. The molecule has 0 N–H and O–H groups in total. The number of imidazole rings is 1. The Kier molecular flexibility index (Phi) is 3.94. The monoisotopic (exact) mass is 293 g/mol. The van der Waals surface area contributed by atoms with Gasteiger partial charge in [0.25, 0.3) is 0 Å². The molecule has 0 unspecified atom stereocenters. The van der Waals surface area contributed by atoms with Crippen LogP contribution in [0, 0.1) is 11.3 Å². The molecule has 0 saturated carbocycles. The fourth-order valence-corrected chi connectivity index (χ4v) is 3.37. The normalized spacial score (nSPS) is 10.7. The van der Waals surface area contributed by atoms with Crippen molar-refractivity contribution in [3.8, 4) is 6.07 Å². The molecule has 0 saturated heterocycles. The number of hydrogen-bond donors (Lipinski definition) is 0. The van der Waals surface area contributed by atoms with E-state index >= 15 is 0 Å². The van der Waals surface area contributed by atoms with E-state index < -0.39 is 0 Å². The Labute approximate surface area is 128 Å². The number of para-hydroxylation sites is 2. The number of benzene rings is 2. The predicted molar refractivity (Wildman–Crippen MR) is 86.1 cm³/mol. The van der Waals surface area contributed by atoms with Crippen LogP contribution in [-0.4, -0.2) is 9.55 Å². The molecule has 3 rings (SSSR count). The van der Waals surface area contributed by atoms with Gasteiger partial charge >= 0.3 is 0 Å². The second-order valence-corrected chi connectivity index (χ2v) is 5.67. The Morgan fingerprint density at radius 1 is 1.19 bits per heavy atom. The minimum Gasteiger partial charge on any atom is -0.319 e. The van der Waals surface area contributed by atoms with Gasteiger partial charge in [0.2, 0.25) is 0 Å². The quantitative estimate of drug-likeness (QED) is 0.676. The van der Waals surface area contributed by atoms with Crippen molar-refractivity contribution in [2.24, 2.45) is 0 Å². The van der Waals surface area contributed by atoms with Crippen molar-refractivity contribution in [2.45, 2.75) is 24.4 Å². The van der Waals surface area contributed by atoms with Crippen LogP contribution < -0.4 is 0 Å². The average Bonchev–Trinajstić information content (AvgIpc) is 2.90. The van der Waals surface area contributed by atoms with Crippen LogP contribution in [-0.2, 0) is 12.3 Å². The molecule has 2 aromatic carbocycles. The summed E-state index contributed by atoms with van der Waals surface area (Å²) in [6.07, 6.45) is 0. The molecule has 0 aliphatic heterocycles. The van der Waals surface area contributed by atoms with Crippen molar-refractivity contribution < 1.29 is 0 Å². The molecule has 0 atom stereocenters. The number of thioether (sulfide) groups is 1. The second-order valence-electron chi connectivity index (χ2n) is 4.73. The van der Waals surface area contributed by atoms with Gasteiger partial charge < -0.3 is 4.57 Å². The number of nitriles is 1. The van der Waals surface area contributed by atoms with Gasteiger partial charge in [0.15, 0.2) is 5.16 Å². The fraction of sp³-hybridized carbons (Fsp3) is 0.176. The number of aryl methyl sites for hydroxylation is 1. The van der Waals surface area contributed by atoms with E-state index in [1.807, 2.05) is 42.5 Å². The van der Waals surface area contributed by atoms with Gasteiger partial charge in [-0.2, -0.15) is 5.26 Å². The molecule has 0 fully saturated rings. The first-order valence-corrected chi connectivity index (χ1v) is 7.87. The highest BCUT2D eigenvalue weighted by Gasteiger charge is 2.09. The zero-order valence-corrected chi connectivity index (χ0v) is 12.6. The van der Waals surface area contributed by atoms with Crippen LogP contribution in [0.3, 0.4) is 0 Å².